The van der Waals surface area contributed by atoms with Crippen LogP contribution in [0.5, 0.6) is 0 Å². The molecule has 1 N–H and O–H groups in total. The highest BCUT2D eigenvalue weighted by Crippen LogP contribution is 2.28. The number of carbonyl (C=O) groups excluding carboxylic acids is 3. The normalized spacial score (nSPS) is 10.2. The molecule has 0 spiro atoms. The van der Waals surface area contributed by atoms with Gasteiger partial charge in [0.25, 0.3) is 5.91 Å². The molecule has 0 radical (unpaired) electrons. The van der Waals surface area contributed by atoms with Gasteiger partial charge in [-0.2, -0.15) is 5.26 Å². The van der Waals surface area contributed by atoms with Gasteiger partial charge in [-0.3, -0.25) is 14.4 Å². The molecule has 0 fully saturated rings. The standard InChI is InChI=1S/C17H13ClFN3O3/c1-8-13(16(18)22(3)14(8)15(24)9(2)23)17(25)21-11-4-5-12(19)10(6-11)7-20/h4-6H,1-3H3,(H,21,25). The van der Waals surface area contributed by atoms with Gasteiger partial charge in [0.1, 0.15) is 17.0 Å². The van der Waals surface area contributed by atoms with E-state index < -0.39 is 23.3 Å². The molecular weight excluding hydrogens is 349 g/mol. The second-order valence-electron chi connectivity index (χ2n) is 5.34. The average Bonchev–Trinajstić information content (AvgIpc) is 2.78. The van der Waals surface area contributed by atoms with Gasteiger partial charge in [-0.25, -0.2) is 4.39 Å². The van der Waals surface area contributed by atoms with E-state index in [2.05, 4.69) is 5.32 Å². The Bertz CT molecular complexity index is 957. The number of benzene rings is 1. The van der Waals surface area contributed by atoms with Crippen LogP contribution in [0.1, 0.15) is 38.9 Å². The van der Waals surface area contributed by atoms with Crippen LogP contribution in [0.2, 0.25) is 5.15 Å². The maximum absolute atomic E-state index is 13.4. The largest absolute Gasteiger partial charge is 0.331 e. The number of nitrogens with zero attached hydrogens (tertiary/aromatic N) is 2. The zero-order valence-electron chi connectivity index (χ0n) is 13.6. The molecular formula is C17H13ClFN3O3. The number of hydrogen-bond acceptors (Lipinski definition) is 4. The first-order valence-electron chi connectivity index (χ1n) is 7.10. The van der Waals surface area contributed by atoms with E-state index in [-0.39, 0.29) is 33.2 Å². The molecule has 0 bridgehead atoms. The third kappa shape index (κ3) is 3.30. The summed E-state index contributed by atoms with van der Waals surface area (Å²) < 4.78 is 14.6. The van der Waals surface area contributed by atoms with Crippen molar-refractivity contribution in [2.24, 2.45) is 7.05 Å². The molecule has 0 unspecified atom stereocenters. The molecule has 0 saturated heterocycles. The molecule has 0 atom stereocenters. The van der Waals surface area contributed by atoms with Gasteiger partial charge in [0.2, 0.25) is 11.6 Å². The van der Waals surface area contributed by atoms with Crippen LogP contribution in [0.25, 0.3) is 0 Å². The molecule has 1 aromatic heterocycles. The Morgan fingerprint density at radius 3 is 2.52 bits per heavy atom. The number of amides is 1. The zero-order chi connectivity index (χ0) is 18.9. The van der Waals surface area contributed by atoms with E-state index in [1.54, 1.807) is 6.07 Å². The summed E-state index contributed by atoms with van der Waals surface area (Å²) in [5.74, 6) is -2.78. The Morgan fingerprint density at radius 2 is 1.96 bits per heavy atom. The molecule has 1 amide bonds. The molecule has 25 heavy (non-hydrogen) atoms. The topological polar surface area (TPSA) is 92.0 Å². The quantitative estimate of drug-likeness (QED) is 0.669. The lowest BCUT2D eigenvalue weighted by molar-refractivity contribution is -0.113. The molecule has 0 saturated carbocycles. The molecule has 2 aromatic rings. The van der Waals surface area contributed by atoms with Crippen molar-refractivity contribution in [2.45, 2.75) is 13.8 Å². The van der Waals surface area contributed by atoms with Crippen LogP contribution in [-0.2, 0) is 11.8 Å². The number of rotatable bonds is 4. The number of Topliss-reactive ketones (excluding diaryl/α,β-unsaturated/α-hetero) is 2. The summed E-state index contributed by atoms with van der Waals surface area (Å²) in [5, 5.41) is 11.3. The third-order valence-electron chi connectivity index (χ3n) is 3.67. The number of aromatic nitrogens is 1. The van der Waals surface area contributed by atoms with Gasteiger partial charge in [0.15, 0.2) is 0 Å². The van der Waals surface area contributed by atoms with E-state index in [4.69, 9.17) is 16.9 Å². The lowest BCUT2D eigenvalue weighted by Crippen LogP contribution is -2.16. The minimum atomic E-state index is -0.755. The van der Waals surface area contributed by atoms with Gasteiger partial charge < -0.3 is 9.88 Å². The van der Waals surface area contributed by atoms with E-state index in [0.29, 0.717) is 0 Å². The van der Waals surface area contributed by atoms with Crippen LogP contribution in [0.3, 0.4) is 0 Å². The predicted molar refractivity (Wildman–Crippen MR) is 89.2 cm³/mol. The Kier molecular flexibility index (Phi) is 5.04. The minimum Gasteiger partial charge on any atom is -0.331 e. The number of anilines is 1. The molecule has 1 aromatic carbocycles. The molecule has 1 heterocycles. The first-order valence-corrected chi connectivity index (χ1v) is 7.47. The van der Waals surface area contributed by atoms with Gasteiger partial charge in [-0.15, -0.1) is 0 Å². The maximum Gasteiger partial charge on any atom is 0.259 e. The first-order chi connectivity index (χ1) is 11.7. The summed E-state index contributed by atoms with van der Waals surface area (Å²) in [6, 6.07) is 5.20. The summed E-state index contributed by atoms with van der Waals surface area (Å²) in [7, 11) is 1.47. The Labute approximate surface area is 147 Å². The average molecular weight is 362 g/mol. The van der Waals surface area contributed by atoms with E-state index in [1.165, 1.54) is 30.7 Å². The van der Waals surface area contributed by atoms with Crippen LogP contribution in [0.15, 0.2) is 18.2 Å². The van der Waals surface area contributed by atoms with Gasteiger partial charge in [-0.05, 0) is 30.7 Å². The Hall–Kier alpha value is -2.98. The number of nitriles is 1. The molecule has 0 aliphatic rings. The summed E-state index contributed by atoms with van der Waals surface area (Å²) in [5.41, 5.74) is 0.284. The molecule has 0 aliphatic heterocycles. The Balaban J connectivity index is 2.44. The highest BCUT2D eigenvalue weighted by Gasteiger charge is 2.27. The van der Waals surface area contributed by atoms with Crippen LogP contribution >= 0.6 is 11.6 Å². The van der Waals surface area contributed by atoms with E-state index >= 15 is 0 Å². The Morgan fingerprint density at radius 1 is 1.32 bits per heavy atom. The lowest BCUT2D eigenvalue weighted by atomic mass is 10.1. The molecule has 128 valence electrons. The van der Waals surface area contributed by atoms with Crippen molar-refractivity contribution < 1.29 is 18.8 Å². The van der Waals surface area contributed by atoms with Crippen LogP contribution in [0.4, 0.5) is 10.1 Å². The van der Waals surface area contributed by atoms with E-state index in [1.807, 2.05) is 0 Å². The van der Waals surface area contributed by atoms with Gasteiger partial charge in [0, 0.05) is 19.7 Å². The van der Waals surface area contributed by atoms with Gasteiger partial charge >= 0.3 is 0 Å². The van der Waals surface area contributed by atoms with Crippen molar-refractivity contribution in [3.05, 3.63) is 51.6 Å². The van der Waals surface area contributed by atoms with E-state index in [9.17, 15) is 18.8 Å². The molecule has 2 rings (SSSR count). The number of halogens is 2. The van der Waals surface area contributed by atoms with Crippen LogP contribution in [-0.4, -0.2) is 22.0 Å². The van der Waals surface area contributed by atoms with Crippen molar-refractivity contribution in [1.82, 2.24) is 4.57 Å². The summed E-state index contributed by atoms with van der Waals surface area (Å²) in [6.07, 6.45) is 0. The van der Waals surface area contributed by atoms with E-state index in [0.717, 1.165) is 13.0 Å². The first kappa shape index (κ1) is 18.4. The smallest absolute Gasteiger partial charge is 0.259 e. The minimum absolute atomic E-state index is 0.0118. The summed E-state index contributed by atoms with van der Waals surface area (Å²) >= 11 is 6.14. The summed E-state index contributed by atoms with van der Waals surface area (Å²) in [6.45, 7) is 2.63. The molecule has 8 heteroatoms. The number of carbonyl (C=O) groups is 3. The summed E-state index contributed by atoms with van der Waals surface area (Å²) in [4.78, 5) is 35.9. The predicted octanol–water partition coefficient (Wildman–Crippen LogP) is 3.02. The van der Waals surface area contributed by atoms with Gasteiger partial charge in [0.05, 0.1) is 16.8 Å². The zero-order valence-corrected chi connectivity index (χ0v) is 14.4. The molecule has 6 nitrogen and oxygen atoms in total. The number of hydrogen-bond donors (Lipinski definition) is 1. The second kappa shape index (κ2) is 6.87. The highest BCUT2D eigenvalue weighted by atomic mass is 35.5. The van der Waals surface area contributed by atoms with Crippen molar-refractivity contribution in [2.75, 3.05) is 5.32 Å². The number of ketones is 2. The van der Waals surface area contributed by atoms with Crippen molar-refractivity contribution in [3.8, 4) is 6.07 Å². The van der Waals surface area contributed by atoms with Crippen molar-refractivity contribution in [1.29, 1.82) is 5.26 Å². The monoisotopic (exact) mass is 361 g/mol. The van der Waals surface area contributed by atoms with Gasteiger partial charge in [-0.1, -0.05) is 11.6 Å². The number of nitrogens with one attached hydrogen (secondary N) is 1. The van der Waals surface area contributed by atoms with Crippen LogP contribution in [0, 0.1) is 24.1 Å². The second-order valence-corrected chi connectivity index (χ2v) is 5.70. The van der Waals surface area contributed by atoms with Crippen molar-refractivity contribution in [3.63, 3.8) is 0 Å². The fourth-order valence-corrected chi connectivity index (χ4v) is 2.74. The molecule has 0 aliphatic carbocycles. The van der Waals surface area contributed by atoms with Crippen LogP contribution < -0.4 is 5.32 Å². The van der Waals surface area contributed by atoms with Crippen molar-refractivity contribution >= 4 is 34.8 Å². The SMILES string of the molecule is CC(=O)C(=O)c1c(C)c(C(=O)Nc2ccc(F)c(C#N)c2)c(Cl)n1C. The lowest BCUT2D eigenvalue weighted by Gasteiger charge is -2.06. The fourth-order valence-electron chi connectivity index (χ4n) is 2.43. The maximum atomic E-state index is 13.4. The highest BCUT2D eigenvalue weighted by molar-refractivity contribution is 6.44. The third-order valence-corrected chi connectivity index (χ3v) is 4.12. The fraction of sp³-hybridized carbons (Fsp3) is 0.176.